The van der Waals surface area contributed by atoms with Crippen LogP contribution < -0.4 is 0 Å². The van der Waals surface area contributed by atoms with Crippen LogP contribution in [0.4, 0.5) is 4.39 Å². The van der Waals surface area contributed by atoms with Gasteiger partial charge in [-0.3, -0.25) is 0 Å². The molecule has 0 aliphatic carbocycles. The Morgan fingerprint density at radius 2 is 1.84 bits per heavy atom. The van der Waals surface area contributed by atoms with Crippen LogP contribution in [0.2, 0.25) is 10.0 Å². The van der Waals surface area contributed by atoms with E-state index in [2.05, 4.69) is 15.9 Å². The van der Waals surface area contributed by atoms with Gasteiger partial charge in [-0.05, 0) is 47.7 Å². The van der Waals surface area contributed by atoms with Crippen molar-refractivity contribution in [3.8, 4) is 0 Å². The van der Waals surface area contributed by atoms with Gasteiger partial charge in [-0.25, -0.2) is 4.39 Å². The second-order valence-corrected chi connectivity index (χ2v) is 5.80. The zero-order chi connectivity index (χ0) is 13.8. The minimum absolute atomic E-state index is 0.113. The first-order valence-electron chi connectivity index (χ1n) is 5.86. The summed E-state index contributed by atoms with van der Waals surface area (Å²) in [4.78, 5) is 0. The Kier molecular flexibility index (Phi) is 5.26. The van der Waals surface area contributed by atoms with Crippen LogP contribution in [0, 0.1) is 5.82 Å². The number of alkyl halides is 1. The van der Waals surface area contributed by atoms with Crippen molar-refractivity contribution in [3.05, 3.63) is 69.5 Å². The zero-order valence-electron chi connectivity index (χ0n) is 10.0. The zero-order valence-corrected chi connectivity index (χ0v) is 13.1. The van der Waals surface area contributed by atoms with Gasteiger partial charge in [-0.1, -0.05) is 57.3 Å². The summed E-state index contributed by atoms with van der Waals surface area (Å²) in [5.41, 5.74) is 1.62. The van der Waals surface area contributed by atoms with Crippen LogP contribution in [0.15, 0.2) is 42.5 Å². The van der Waals surface area contributed by atoms with Crippen molar-refractivity contribution in [1.29, 1.82) is 0 Å². The summed E-state index contributed by atoms with van der Waals surface area (Å²) < 4.78 is 13.8. The van der Waals surface area contributed by atoms with E-state index < -0.39 is 0 Å². The van der Waals surface area contributed by atoms with Crippen molar-refractivity contribution in [2.24, 2.45) is 0 Å². The third-order valence-corrected chi connectivity index (χ3v) is 4.37. The Morgan fingerprint density at radius 1 is 1.11 bits per heavy atom. The van der Waals surface area contributed by atoms with Crippen LogP contribution in [0.25, 0.3) is 0 Å². The van der Waals surface area contributed by atoms with E-state index in [0.29, 0.717) is 27.4 Å². The SMILES string of the molecule is Fc1ccc(Cl)cc1CC(CBr)c1ccccc1Cl. The van der Waals surface area contributed by atoms with Crippen molar-refractivity contribution in [2.75, 3.05) is 5.33 Å². The maximum atomic E-state index is 13.8. The summed E-state index contributed by atoms with van der Waals surface area (Å²) in [5, 5.41) is 1.96. The van der Waals surface area contributed by atoms with E-state index in [1.54, 1.807) is 12.1 Å². The van der Waals surface area contributed by atoms with Gasteiger partial charge < -0.3 is 0 Å². The van der Waals surface area contributed by atoms with Crippen molar-refractivity contribution in [2.45, 2.75) is 12.3 Å². The van der Waals surface area contributed by atoms with E-state index in [1.807, 2.05) is 24.3 Å². The average Bonchev–Trinajstić information content (AvgIpc) is 2.41. The molecule has 1 unspecified atom stereocenters. The summed E-state index contributed by atoms with van der Waals surface area (Å²) in [7, 11) is 0. The maximum absolute atomic E-state index is 13.8. The number of hydrogen-bond acceptors (Lipinski definition) is 0. The molecule has 0 bridgehead atoms. The Hall–Kier alpha value is -0.570. The number of hydrogen-bond donors (Lipinski definition) is 0. The molecule has 0 spiro atoms. The fourth-order valence-corrected chi connectivity index (χ4v) is 3.08. The predicted octanol–water partition coefficient (Wildman–Crippen LogP) is 5.85. The van der Waals surface area contributed by atoms with E-state index in [0.717, 1.165) is 5.56 Å². The van der Waals surface area contributed by atoms with E-state index in [1.165, 1.54) is 6.07 Å². The lowest BCUT2D eigenvalue weighted by atomic mass is 9.93. The molecule has 1 atom stereocenters. The Balaban J connectivity index is 2.29. The molecular weight excluding hydrogens is 350 g/mol. The van der Waals surface area contributed by atoms with Crippen LogP contribution in [0.3, 0.4) is 0 Å². The molecule has 19 heavy (non-hydrogen) atoms. The van der Waals surface area contributed by atoms with Crippen molar-refractivity contribution < 1.29 is 4.39 Å². The molecule has 0 amide bonds. The van der Waals surface area contributed by atoms with Crippen molar-refractivity contribution in [3.63, 3.8) is 0 Å². The fourth-order valence-electron chi connectivity index (χ4n) is 2.02. The highest BCUT2D eigenvalue weighted by Crippen LogP contribution is 2.30. The molecule has 4 heteroatoms. The van der Waals surface area contributed by atoms with Gasteiger partial charge in [0.15, 0.2) is 0 Å². The van der Waals surface area contributed by atoms with Crippen LogP contribution >= 0.6 is 39.1 Å². The van der Waals surface area contributed by atoms with Gasteiger partial charge in [-0.15, -0.1) is 0 Å². The van der Waals surface area contributed by atoms with E-state index in [-0.39, 0.29) is 11.7 Å². The number of benzene rings is 2. The van der Waals surface area contributed by atoms with Crippen LogP contribution in [-0.4, -0.2) is 5.33 Å². The fraction of sp³-hybridized carbons (Fsp3) is 0.200. The Morgan fingerprint density at radius 3 is 2.53 bits per heavy atom. The first-order valence-corrected chi connectivity index (χ1v) is 7.74. The minimum atomic E-state index is -0.234. The van der Waals surface area contributed by atoms with Gasteiger partial charge >= 0.3 is 0 Å². The summed E-state index contributed by atoms with van der Waals surface area (Å²) >= 11 is 15.6. The molecule has 0 fully saturated rings. The molecule has 0 saturated carbocycles. The number of halogens is 4. The van der Waals surface area contributed by atoms with Crippen LogP contribution in [0.1, 0.15) is 17.0 Å². The second-order valence-electron chi connectivity index (χ2n) is 4.31. The smallest absolute Gasteiger partial charge is 0.126 e. The lowest BCUT2D eigenvalue weighted by Gasteiger charge is -2.16. The first kappa shape index (κ1) is 14.8. The van der Waals surface area contributed by atoms with E-state index in [9.17, 15) is 4.39 Å². The van der Waals surface area contributed by atoms with Gasteiger partial charge in [0.25, 0.3) is 0 Å². The molecular formula is C15H12BrCl2F. The molecule has 2 rings (SSSR count). The van der Waals surface area contributed by atoms with Gasteiger partial charge in [0, 0.05) is 15.4 Å². The van der Waals surface area contributed by atoms with Crippen LogP contribution in [0.5, 0.6) is 0 Å². The van der Waals surface area contributed by atoms with E-state index in [4.69, 9.17) is 23.2 Å². The third-order valence-electron chi connectivity index (χ3n) is 3.01. The standard InChI is InChI=1S/C15H12BrCl2F/c16-9-11(13-3-1-2-4-14(13)18)7-10-8-12(17)5-6-15(10)19/h1-6,8,11H,7,9H2. The normalized spacial score (nSPS) is 12.4. The predicted molar refractivity (Wildman–Crippen MR) is 83.1 cm³/mol. The van der Waals surface area contributed by atoms with Crippen LogP contribution in [-0.2, 0) is 6.42 Å². The Bertz CT molecular complexity index is 572. The largest absolute Gasteiger partial charge is 0.207 e. The molecule has 2 aromatic carbocycles. The molecule has 100 valence electrons. The van der Waals surface area contributed by atoms with Crippen molar-refractivity contribution in [1.82, 2.24) is 0 Å². The first-order chi connectivity index (χ1) is 9.11. The molecule has 0 N–H and O–H groups in total. The highest BCUT2D eigenvalue weighted by atomic mass is 79.9. The quantitative estimate of drug-likeness (QED) is 0.599. The Labute approximate surface area is 130 Å². The lowest BCUT2D eigenvalue weighted by Crippen LogP contribution is -2.06. The molecule has 0 heterocycles. The molecule has 0 aliphatic heterocycles. The lowest BCUT2D eigenvalue weighted by molar-refractivity contribution is 0.599. The second kappa shape index (κ2) is 6.74. The van der Waals surface area contributed by atoms with Gasteiger partial charge in [0.1, 0.15) is 5.82 Å². The molecule has 2 aromatic rings. The molecule has 0 nitrogen and oxygen atoms in total. The molecule has 0 aliphatic rings. The topological polar surface area (TPSA) is 0 Å². The maximum Gasteiger partial charge on any atom is 0.126 e. The molecule has 0 saturated heterocycles. The van der Waals surface area contributed by atoms with Gasteiger partial charge in [0.2, 0.25) is 0 Å². The average molecular weight is 362 g/mol. The monoisotopic (exact) mass is 360 g/mol. The van der Waals surface area contributed by atoms with Crippen molar-refractivity contribution >= 4 is 39.1 Å². The number of rotatable bonds is 4. The minimum Gasteiger partial charge on any atom is -0.207 e. The summed E-state index contributed by atoms with van der Waals surface area (Å²) in [5.74, 6) is -0.121. The summed E-state index contributed by atoms with van der Waals surface area (Å²) in [6.45, 7) is 0. The summed E-state index contributed by atoms with van der Waals surface area (Å²) in [6.07, 6.45) is 0.557. The highest BCUT2D eigenvalue weighted by molar-refractivity contribution is 9.09. The molecule has 0 radical (unpaired) electrons. The van der Waals surface area contributed by atoms with Gasteiger partial charge in [-0.2, -0.15) is 0 Å². The van der Waals surface area contributed by atoms with E-state index >= 15 is 0 Å². The molecule has 0 aromatic heterocycles. The third kappa shape index (κ3) is 3.71. The van der Waals surface area contributed by atoms with Gasteiger partial charge in [0.05, 0.1) is 0 Å². The highest BCUT2D eigenvalue weighted by Gasteiger charge is 2.16. The summed E-state index contributed by atoms with van der Waals surface area (Å²) in [6, 6.07) is 12.3.